The van der Waals surface area contributed by atoms with Gasteiger partial charge in [-0.1, -0.05) is 41.7 Å². The molecule has 184 valence electrons. The van der Waals surface area contributed by atoms with Crippen LogP contribution in [0.1, 0.15) is 49.7 Å². The van der Waals surface area contributed by atoms with E-state index in [4.69, 9.17) is 4.74 Å². The predicted molar refractivity (Wildman–Crippen MR) is 145 cm³/mol. The molecule has 4 aliphatic carbocycles. The van der Waals surface area contributed by atoms with Crippen LogP contribution >= 0.6 is 11.3 Å². The molecule has 4 nitrogen and oxygen atoms in total. The van der Waals surface area contributed by atoms with Crippen LogP contribution in [0.4, 0.5) is 0 Å². The molecule has 0 saturated heterocycles. The minimum atomic E-state index is -0.141. The van der Waals surface area contributed by atoms with Gasteiger partial charge in [0.2, 0.25) is 5.88 Å². The lowest BCUT2D eigenvalue weighted by Gasteiger charge is -2.57. The van der Waals surface area contributed by atoms with E-state index in [-0.39, 0.29) is 16.2 Å². The fourth-order valence-electron chi connectivity index (χ4n) is 7.97. The SMILES string of the molecule is COc1ccc(-c2ccc3cc(Cn4c(O)csc4=O)ccc3c2)cc1C12CC3CC(CC(C3)C1)C2. The normalized spacial score (nSPS) is 26.5. The molecule has 8 rings (SSSR count). The molecule has 5 heteroatoms. The number of rotatable bonds is 5. The Morgan fingerprint density at radius 3 is 2.22 bits per heavy atom. The number of benzene rings is 3. The molecule has 4 bridgehead atoms. The molecule has 36 heavy (non-hydrogen) atoms. The van der Waals surface area contributed by atoms with Crippen LogP contribution in [0.15, 0.2) is 64.8 Å². The van der Waals surface area contributed by atoms with Crippen molar-refractivity contribution in [2.45, 2.75) is 50.5 Å². The lowest BCUT2D eigenvalue weighted by Crippen LogP contribution is -2.48. The van der Waals surface area contributed by atoms with E-state index >= 15 is 0 Å². The average Bonchev–Trinajstić information content (AvgIpc) is 3.19. The van der Waals surface area contributed by atoms with E-state index < -0.39 is 0 Å². The predicted octanol–water partition coefficient (Wildman–Crippen LogP) is 6.96. The number of hydrogen-bond acceptors (Lipinski definition) is 4. The first-order valence-corrected chi connectivity index (χ1v) is 14.0. The Balaban J connectivity index is 1.24. The zero-order valence-corrected chi connectivity index (χ0v) is 21.4. The number of ether oxygens (including phenoxy) is 1. The second-order valence-electron chi connectivity index (χ2n) is 11.5. The van der Waals surface area contributed by atoms with Gasteiger partial charge in [0.05, 0.1) is 19.0 Å². The Morgan fingerprint density at radius 1 is 0.917 bits per heavy atom. The molecule has 0 aliphatic heterocycles. The highest BCUT2D eigenvalue weighted by atomic mass is 32.1. The van der Waals surface area contributed by atoms with Crippen LogP contribution < -0.4 is 9.61 Å². The topological polar surface area (TPSA) is 51.5 Å². The van der Waals surface area contributed by atoms with E-state index in [2.05, 4.69) is 48.5 Å². The standard InChI is InChI=1S/C31H31NO3S/c1-35-28-7-6-26(13-27(28)31-14-20-8-21(15-31)10-22(9-20)16-31)25-5-4-23-11-19(2-3-24(23)12-25)17-32-29(33)18-36-30(32)34/h2-7,11-13,18,20-22,33H,8-10,14-17H2,1H3. The van der Waals surface area contributed by atoms with Crippen LogP contribution in [-0.4, -0.2) is 16.8 Å². The molecule has 0 unspecified atom stereocenters. The largest absolute Gasteiger partial charge is 0.496 e. The summed E-state index contributed by atoms with van der Waals surface area (Å²) in [6.45, 7) is 0.374. The van der Waals surface area contributed by atoms with Crippen LogP contribution in [0.3, 0.4) is 0 Å². The summed E-state index contributed by atoms with van der Waals surface area (Å²) in [7, 11) is 1.82. The fourth-order valence-corrected chi connectivity index (χ4v) is 8.59. The number of thiazole rings is 1. The minimum Gasteiger partial charge on any atom is -0.496 e. The highest BCUT2D eigenvalue weighted by Crippen LogP contribution is 2.62. The van der Waals surface area contributed by atoms with Gasteiger partial charge >= 0.3 is 4.87 Å². The molecule has 4 fully saturated rings. The molecule has 0 spiro atoms. The van der Waals surface area contributed by atoms with E-state index in [0.29, 0.717) is 6.54 Å². The number of aromatic hydroxyl groups is 1. The Bertz CT molecular complexity index is 1500. The third-order valence-corrected chi connectivity index (χ3v) is 9.90. The summed E-state index contributed by atoms with van der Waals surface area (Å²) in [5.41, 5.74) is 5.18. The molecule has 4 aromatic rings. The molecule has 1 N–H and O–H groups in total. The average molecular weight is 498 g/mol. The zero-order valence-electron chi connectivity index (χ0n) is 20.6. The molecule has 4 saturated carbocycles. The maximum absolute atomic E-state index is 12.0. The van der Waals surface area contributed by atoms with E-state index in [1.54, 1.807) is 0 Å². The molecule has 0 atom stereocenters. The molecule has 3 aromatic carbocycles. The summed E-state index contributed by atoms with van der Waals surface area (Å²) in [6, 6.07) is 19.7. The highest BCUT2D eigenvalue weighted by Gasteiger charge is 2.52. The van der Waals surface area contributed by atoms with Crippen molar-refractivity contribution in [3.05, 3.63) is 80.8 Å². The van der Waals surface area contributed by atoms with Gasteiger partial charge in [0, 0.05) is 5.56 Å². The van der Waals surface area contributed by atoms with Crippen LogP contribution in [0, 0.1) is 17.8 Å². The Hall–Kier alpha value is -3.05. The van der Waals surface area contributed by atoms with Gasteiger partial charge in [0.1, 0.15) is 5.75 Å². The molecule has 1 heterocycles. The van der Waals surface area contributed by atoms with E-state index in [1.807, 2.05) is 13.2 Å². The second-order valence-corrected chi connectivity index (χ2v) is 12.3. The van der Waals surface area contributed by atoms with Crippen molar-refractivity contribution in [2.75, 3.05) is 7.11 Å². The minimum absolute atomic E-state index is 0.0229. The maximum atomic E-state index is 12.0. The lowest BCUT2D eigenvalue weighted by atomic mass is 9.48. The van der Waals surface area contributed by atoms with Gasteiger partial charge in [-0.2, -0.15) is 0 Å². The van der Waals surface area contributed by atoms with Gasteiger partial charge in [-0.05, 0) is 113 Å². The maximum Gasteiger partial charge on any atom is 0.310 e. The van der Waals surface area contributed by atoms with Gasteiger partial charge in [0.25, 0.3) is 0 Å². The third kappa shape index (κ3) is 3.59. The van der Waals surface area contributed by atoms with Gasteiger partial charge < -0.3 is 9.84 Å². The van der Waals surface area contributed by atoms with Gasteiger partial charge in [-0.3, -0.25) is 9.36 Å². The molecule has 0 amide bonds. The van der Waals surface area contributed by atoms with Crippen molar-refractivity contribution < 1.29 is 9.84 Å². The number of nitrogens with zero attached hydrogens (tertiary/aromatic N) is 1. The van der Waals surface area contributed by atoms with E-state index in [0.717, 1.165) is 45.8 Å². The van der Waals surface area contributed by atoms with Crippen molar-refractivity contribution >= 4 is 22.1 Å². The highest BCUT2D eigenvalue weighted by molar-refractivity contribution is 7.07. The number of aromatic nitrogens is 1. The van der Waals surface area contributed by atoms with Crippen molar-refractivity contribution in [3.8, 4) is 22.8 Å². The van der Waals surface area contributed by atoms with Crippen molar-refractivity contribution in [1.82, 2.24) is 4.57 Å². The summed E-state index contributed by atoms with van der Waals surface area (Å²) < 4.78 is 7.33. The van der Waals surface area contributed by atoms with Crippen LogP contribution in [0.25, 0.3) is 21.9 Å². The lowest BCUT2D eigenvalue weighted by molar-refractivity contribution is -0.00613. The Labute approximate surface area is 215 Å². The molecular formula is C31H31NO3S. The monoisotopic (exact) mass is 497 g/mol. The quantitative estimate of drug-likeness (QED) is 0.324. The first-order valence-electron chi connectivity index (χ1n) is 13.1. The molecule has 1 aromatic heterocycles. The summed E-state index contributed by atoms with van der Waals surface area (Å²) in [6.07, 6.45) is 8.28. The van der Waals surface area contributed by atoms with Gasteiger partial charge in [-0.25, -0.2) is 0 Å². The molecule has 4 aliphatic rings. The zero-order chi connectivity index (χ0) is 24.4. The van der Waals surface area contributed by atoms with Crippen LogP contribution in [0.2, 0.25) is 0 Å². The van der Waals surface area contributed by atoms with Gasteiger partial charge in [-0.15, -0.1) is 0 Å². The summed E-state index contributed by atoms with van der Waals surface area (Å²) in [5.74, 6) is 3.76. The second kappa shape index (κ2) is 8.24. The summed E-state index contributed by atoms with van der Waals surface area (Å²) in [5, 5.41) is 13.8. The van der Waals surface area contributed by atoms with Gasteiger partial charge in [0.15, 0.2) is 0 Å². The van der Waals surface area contributed by atoms with Crippen LogP contribution in [0.5, 0.6) is 11.6 Å². The van der Waals surface area contributed by atoms with E-state index in [1.165, 1.54) is 70.5 Å². The van der Waals surface area contributed by atoms with Crippen molar-refractivity contribution in [3.63, 3.8) is 0 Å². The first-order chi connectivity index (χ1) is 17.5. The molecular weight excluding hydrogens is 466 g/mol. The van der Waals surface area contributed by atoms with Crippen LogP contribution in [-0.2, 0) is 12.0 Å². The Morgan fingerprint density at radius 2 is 1.56 bits per heavy atom. The number of fused-ring (bicyclic) bond motifs is 1. The number of hydrogen-bond donors (Lipinski definition) is 1. The summed E-state index contributed by atoms with van der Waals surface area (Å²) in [4.78, 5) is 11.9. The fraction of sp³-hybridized carbons (Fsp3) is 0.387. The Kier molecular flexibility index (Phi) is 5.07. The van der Waals surface area contributed by atoms with Crippen molar-refractivity contribution in [1.29, 1.82) is 0 Å². The van der Waals surface area contributed by atoms with Crippen molar-refractivity contribution in [2.24, 2.45) is 17.8 Å². The third-order valence-electron chi connectivity index (χ3n) is 9.15. The van der Waals surface area contributed by atoms with E-state index in [9.17, 15) is 9.90 Å². The molecule has 0 radical (unpaired) electrons. The first kappa shape index (κ1) is 22.2. The number of methoxy groups -OCH3 is 1. The smallest absolute Gasteiger partial charge is 0.310 e. The summed E-state index contributed by atoms with van der Waals surface area (Å²) >= 11 is 1.02.